The van der Waals surface area contributed by atoms with Crippen molar-refractivity contribution in [2.75, 3.05) is 13.7 Å². The molecule has 2 rings (SSSR count). The molecule has 1 aliphatic carbocycles. The fraction of sp³-hybridized carbons (Fsp3) is 0.818. The molecule has 0 bridgehead atoms. The Bertz CT molecular complexity index is 345. The number of hydrogen-bond acceptors (Lipinski definition) is 5. The van der Waals surface area contributed by atoms with Gasteiger partial charge in [-0.25, -0.2) is 0 Å². The third-order valence-electron chi connectivity index (χ3n) is 3.56. The Hall–Kier alpha value is -0.940. The molecule has 1 unspecified atom stereocenters. The maximum absolute atomic E-state index is 5.86. The predicted molar refractivity (Wildman–Crippen MR) is 58.9 cm³/mol. The summed E-state index contributed by atoms with van der Waals surface area (Å²) >= 11 is 0. The molecule has 90 valence electrons. The van der Waals surface area contributed by atoms with E-state index in [1.165, 1.54) is 12.8 Å². The first kappa shape index (κ1) is 11.5. The molecule has 16 heavy (non-hydrogen) atoms. The van der Waals surface area contributed by atoms with Gasteiger partial charge in [-0.3, -0.25) is 0 Å². The molecule has 1 fully saturated rings. The highest BCUT2D eigenvalue weighted by molar-refractivity contribution is 5.09. The van der Waals surface area contributed by atoms with Gasteiger partial charge >= 0.3 is 0 Å². The van der Waals surface area contributed by atoms with E-state index >= 15 is 0 Å². The molecule has 0 saturated heterocycles. The van der Waals surface area contributed by atoms with Crippen molar-refractivity contribution in [3.05, 3.63) is 11.7 Å². The zero-order valence-corrected chi connectivity index (χ0v) is 9.90. The molecule has 1 aromatic heterocycles. The molecule has 0 aliphatic heterocycles. The molecule has 1 atom stereocenters. The molecule has 1 aliphatic rings. The molecule has 0 radical (unpaired) electrons. The highest BCUT2D eigenvalue weighted by Crippen LogP contribution is 2.39. The minimum atomic E-state index is -0.131. The number of nitrogens with zero attached hydrogens (tertiary/aromatic N) is 2. The average molecular weight is 225 g/mol. The van der Waals surface area contributed by atoms with E-state index < -0.39 is 0 Å². The summed E-state index contributed by atoms with van der Waals surface area (Å²) < 4.78 is 10.5. The van der Waals surface area contributed by atoms with Crippen LogP contribution < -0.4 is 5.73 Å². The molecule has 0 spiro atoms. The second-order valence-corrected chi connectivity index (χ2v) is 4.53. The van der Waals surface area contributed by atoms with E-state index in [4.69, 9.17) is 15.0 Å². The number of ether oxygens (including phenoxy) is 1. The van der Waals surface area contributed by atoms with E-state index in [9.17, 15) is 0 Å². The van der Waals surface area contributed by atoms with Crippen molar-refractivity contribution < 1.29 is 9.26 Å². The van der Waals surface area contributed by atoms with Crippen LogP contribution in [0.25, 0.3) is 0 Å². The smallest absolute Gasteiger partial charge is 0.234 e. The van der Waals surface area contributed by atoms with Crippen molar-refractivity contribution in [3.8, 4) is 0 Å². The molecule has 0 amide bonds. The van der Waals surface area contributed by atoms with Gasteiger partial charge in [-0.15, -0.1) is 0 Å². The van der Waals surface area contributed by atoms with Crippen LogP contribution in [0.2, 0.25) is 0 Å². The quantitative estimate of drug-likeness (QED) is 0.841. The summed E-state index contributed by atoms with van der Waals surface area (Å²) in [7, 11) is 1.63. The lowest BCUT2D eigenvalue weighted by molar-refractivity contribution is 0.109. The lowest BCUT2D eigenvalue weighted by Crippen LogP contribution is -2.32. The molecular formula is C11H19N3O2. The monoisotopic (exact) mass is 225 g/mol. The molecule has 5 heteroatoms. The second-order valence-electron chi connectivity index (χ2n) is 4.53. The van der Waals surface area contributed by atoms with Gasteiger partial charge in [0.25, 0.3) is 0 Å². The molecule has 2 N–H and O–H groups in total. The Morgan fingerprint density at radius 2 is 2.19 bits per heavy atom. The van der Waals surface area contributed by atoms with Crippen molar-refractivity contribution in [3.63, 3.8) is 0 Å². The van der Waals surface area contributed by atoms with Gasteiger partial charge in [-0.1, -0.05) is 18.0 Å². The highest BCUT2D eigenvalue weighted by Gasteiger charge is 2.39. The average Bonchev–Trinajstić information content (AvgIpc) is 2.96. The summed E-state index contributed by atoms with van der Waals surface area (Å²) in [6, 6.07) is 0. The van der Waals surface area contributed by atoms with Crippen LogP contribution in [-0.4, -0.2) is 23.8 Å². The Kier molecular flexibility index (Phi) is 3.25. The second kappa shape index (κ2) is 4.51. The van der Waals surface area contributed by atoms with Gasteiger partial charge in [0.15, 0.2) is 5.82 Å². The molecular weight excluding hydrogens is 206 g/mol. The van der Waals surface area contributed by atoms with Crippen LogP contribution in [0.15, 0.2) is 4.52 Å². The minimum absolute atomic E-state index is 0.0846. The lowest BCUT2D eigenvalue weighted by Gasteiger charge is -2.21. The fourth-order valence-electron chi connectivity index (χ4n) is 2.28. The maximum atomic E-state index is 5.86. The van der Waals surface area contributed by atoms with Crippen molar-refractivity contribution >= 4 is 0 Å². The summed E-state index contributed by atoms with van der Waals surface area (Å²) in [4.78, 5) is 4.42. The third-order valence-corrected chi connectivity index (χ3v) is 3.56. The Balaban J connectivity index is 2.23. The van der Waals surface area contributed by atoms with E-state index in [1.807, 2.05) is 6.92 Å². The first-order chi connectivity index (χ1) is 7.72. The standard InChI is InChI=1S/C11H19N3O2/c1-8(15-2)9-13-10(16-14-9)11(7-12)5-3-4-6-11/h8H,3-7,12H2,1-2H3. The van der Waals surface area contributed by atoms with Gasteiger partial charge in [0.05, 0.1) is 5.41 Å². The van der Waals surface area contributed by atoms with E-state index in [0.717, 1.165) is 12.8 Å². The van der Waals surface area contributed by atoms with E-state index in [1.54, 1.807) is 7.11 Å². The van der Waals surface area contributed by atoms with Gasteiger partial charge in [0.2, 0.25) is 5.89 Å². The molecule has 5 nitrogen and oxygen atoms in total. The molecule has 1 saturated carbocycles. The third kappa shape index (κ3) is 1.85. The summed E-state index contributed by atoms with van der Waals surface area (Å²) in [6.07, 6.45) is 4.34. The number of hydrogen-bond donors (Lipinski definition) is 1. The summed E-state index contributed by atoms with van der Waals surface area (Å²) in [6.45, 7) is 2.48. The van der Waals surface area contributed by atoms with Gasteiger partial charge in [0, 0.05) is 13.7 Å². The molecule has 1 heterocycles. The van der Waals surface area contributed by atoms with Gasteiger partial charge in [-0.2, -0.15) is 4.98 Å². The van der Waals surface area contributed by atoms with Crippen LogP contribution in [0, 0.1) is 0 Å². The van der Waals surface area contributed by atoms with Crippen molar-refractivity contribution in [2.24, 2.45) is 5.73 Å². The van der Waals surface area contributed by atoms with Gasteiger partial charge in [-0.05, 0) is 19.8 Å². The largest absolute Gasteiger partial charge is 0.374 e. The zero-order chi connectivity index (χ0) is 11.6. The number of methoxy groups -OCH3 is 1. The summed E-state index contributed by atoms with van der Waals surface area (Å²) in [5.74, 6) is 1.30. The van der Waals surface area contributed by atoms with Crippen LogP contribution in [0.4, 0.5) is 0 Å². The Morgan fingerprint density at radius 1 is 1.50 bits per heavy atom. The van der Waals surface area contributed by atoms with Gasteiger partial charge in [0.1, 0.15) is 6.10 Å². The van der Waals surface area contributed by atoms with Crippen LogP contribution in [0.5, 0.6) is 0 Å². The number of aromatic nitrogens is 2. The van der Waals surface area contributed by atoms with E-state index in [-0.39, 0.29) is 11.5 Å². The van der Waals surface area contributed by atoms with Crippen molar-refractivity contribution in [2.45, 2.75) is 44.1 Å². The maximum Gasteiger partial charge on any atom is 0.234 e. The first-order valence-corrected chi connectivity index (χ1v) is 5.79. The first-order valence-electron chi connectivity index (χ1n) is 5.79. The zero-order valence-electron chi connectivity index (χ0n) is 9.90. The van der Waals surface area contributed by atoms with Crippen LogP contribution in [0.3, 0.4) is 0 Å². The Labute approximate surface area is 95.3 Å². The predicted octanol–water partition coefficient (Wildman–Crippen LogP) is 1.55. The van der Waals surface area contributed by atoms with Crippen molar-refractivity contribution in [1.82, 2.24) is 10.1 Å². The number of rotatable bonds is 4. The van der Waals surface area contributed by atoms with E-state index in [2.05, 4.69) is 10.1 Å². The molecule has 0 aromatic carbocycles. The topological polar surface area (TPSA) is 74.2 Å². The SMILES string of the molecule is COC(C)c1noc(C2(CN)CCCC2)n1. The summed E-state index contributed by atoms with van der Waals surface area (Å²) in [5, 5.41) is 3.96. The summed E-state index contributed by atoms with van der Waals surface area (Å²) in [5.41, 5.74) is 5.78. The van der Waals surface area contributed by atoms with Crippen LogP contribution in [-0.2, 0) is 10.2 Å². The number of nitrogens with two attached hydrogens (primary N) is 1. The Morgan fingerprint density at radius 3 is 2.75 bits per heavy atom. The molecule has 1 aromatic rings. The fourth-order valence-corrected chi connectivity index (χ4v) is 2.28. The van der Waals surface area contributed by atoms with Gasteiger partial charge < -0.3 is 15.0 Å². The minimum Gasteiger partial charge on any atom is -0.374 e. The normalized spacial score (nSPS) is 21.2. The lowest BCUT2D eigenvalue weighted by atomic mass is 9.86. The van der Waals surface area contributed by atoms with Crippen LogP contribution >= 0.6 is 0 Å². The van der Waals surface area contributed by atoms with Crippen molar-refractivity contribution in [1.29, 1.82) is 0 Å². The van der Waals surface area contributed by atoms with Crippen LogP contribution in [0.1, 0.15) is 50.4 Å². The van der Waals surface area contributed by atoms with E-state index in [0.29, 0.717) is 18.3 Å². The highest BCUT2D eigenvalue weighted by atomic mass is 16.5.